The van der Waals surface area contributed by atoms with Crippen LogP contribution in [0.3, 0.4) is 0 Å². The molecule has 2 rings (SSSR count). The molecular weight excluding hydrogens is 296 g/mol. The molecule has 0 fully saturated rings. The second-order valence-corrected chi connectivity index (χ2v) is 6.30. The van der Waals surface area contributed by atoms with Gasteiger partial charge in [-0.3, -0.25) is 9.59 Å². The Morgan fingerprint density at radius 3 is 2.35 bits per heavy atom. The molecule has 0 saturated heterocycles. The van der Waals surface area contributed by atoms with Crippen molar-refractivity contribution >= 4 is 22.8 Å². The molecule has 6 nitrogen and oxygen atoms in total. The number of hydrogen-bond acceptors (Lipinski definition) is 3. The summed E-state index contributed by atoms with van der Waals surface area (Å²) >= 11 is 0. The predicted molar refractivity (Wildman–Crippen MR) is 87.6 cm³/mol. The van der Waals surface area contributed by atoms with Crippen molar-refractivity contribution in [3.8, 4) is 0 Å². The van der Waals surface area contributed by atoms with E-state index in [1.807, 2.05) is 43.3 Å². The normalized spacial score (nSPS) is 12.0. The molecule has 0 amide bonds. The van der Waals surface area contributed by atoms with Gasteiger partial charge in [0.1, 0.15) is 0 Å². The maximum atomic E-state index is 11.5. The summed E-state index contributed by atoms with van der Waals surface area (Å²) < 4.78 is 0. The highest BCUT2D eigenvalue weighted by molar-refractivity contribution is 5.99. The van der Waals surface area contributed by atoms with Gasteiger partial charge < -0.3 is 20.1 Å². The quantitative estimate of drug-likeness (QED) is 0.679. The number of nitrogens with zero attached hydrogens (tertiary/aromatic N) is 1. The third kappa shape index (κ3) is 3.37. The Labute approximate surface area is 134 Å². The Bertz CT molecular complexity index is 719. The molecule has 6 heteroatoms. The largest absolute Gasteiger partial charge is 0.480 e. The molecule has 0 aliphatic carbocycles. The van der Waals surface area contributed by atoms with Crippen LogP contribution in [0.1, 0.15) is 18.2 Å². The third-order valence-corrected chi connectivity index (χ3v) is 4.19. The number of carboxylic acids is 2. The summed E-state index contributed by atoms with van der Waals surface area (Å²) in [7, 11) is 3.92. The summed E-state index contributed by atoms with van der Waals surface area (Å²) in [6.45, 7) is 2.05. The number of likely N-dealkylation sites (N-methyl/N-ethyl adjacent to an activating group) is 1. The number of aromatic amines is 1. The molecule has 1 aromatic heterocycles. The number of H-pyrrole nitrogens is 1. The van der Waals surface area contributed by atoms with Gasteiger partial charge in [0, 0.05) is 36.0 Å². The molecule has 2 aromatic rings. The lowest BCUT2D eigenvalue weighted by Crippen LogP contribution is -2.38. The molecule has 23 heavy (non-hydrogen) atoms. The number of nitrogens with one attached hydrogen (secondary N) is 1. The van der Waals surface area contributed by atoms with Crippen LogP contribution < -0.4 is 0 Å². The van der Waals surface area contributed by atoms with Crippen LogP contribution in [0, 0.1) is 5.41 Å². The first-order chi connectivity index (χ1) is 10.8. The molecule has 0 atom stereocenters. The topological polar surface area (TPSA) is 93.6 Å². The van der Waals surface area contributed by atoms with E-state index < -0.39 is 17.4 Å². The van der Waals surface area contributed by atoms with Crippen molar-refractivity contribution in [3.63, 3.8) is 0 Å². The van der Waals surface area contributed by atoms with E-state index in [2.05, 4.69) is 4.98 Å². The zero-order valence-corrected chi connectivity index (χ0v) is 13.6. The molecule has 0 radical (unpaired) electrons. The maximum Gasteiger partial charge on any atom is 0.321 e. The number of carboxylic acid groups (broad SMARTS) is 2. The van der Waals surface area contributed by atoms with Crippen LogP contribution in [-0.2, 0) is 22.4 Å². The molecular formula is C17H22N2O4. The van der Waals surface area contributed by atoms with Crippen LogP contribution in [0.25, 0.3) is 10.9 Å². The smallest absolute Gasteiger partial charge is 0.321 e. The van der Waals surface area contributed by atoms with Crippen molar-refractivity contribution in [2.45, 2.75) is 19.8 Å². The van der Waals surface area contributed by atoms with Crippen molar-refractivity contribution in [3.05, 3.63) is 35.5 Å². The number of carbonyl (C=O) groups is 2. The highest BCUT2D eigenvalue weighted by Crippen LogP contribution is 2.31. The second kappa shape index (κ2) is 6.42. The van der Waals surface area contributed by atoms with Gasteiger partial charge in [0.05, 0.1) is 0 Å². The number of hydrogen-bond donors (Lipinski definition) is 3. The Balaban J connectivity index is 2.50. The summed E-state index contributed by atoms with van der Waals surface area (Å²) in [5.41, 5.74) is 0.718. The van der Waals surface area contributed by atoms with Gasteiger partial charge in [-0.15, -0.1) is 0 Å². The molecule has 3 N–H and O–H groups in total. The molecule has 0 aliphatic heterocycles. The van der Waals surface area contributed by atoms with Crippen LogP contribution in [0.4, 0.5) is 0 Å². The molecule has 0 aliphatic rings. The fraction of sp³-hybridized carbons (Fsp3) is 0.412. The van der Waals surface area contributed by atoms with Crippen molar-refractivity contribution in [1.82, 2.24) is 9.88 Å². The summed E-state index contributed by atoms with van der Waals surface area (Å²) in [6, 6.07) is 7.57. The summed E-state index contributed by atoms with van der Waals surface area (Å²) in [5, 5.41) is 19.7. The lowest BCUT2D eigenvalue weighted by molar-refractivity contribution is -0.163. The van der Waals surface area contributed by atoms with E-state index in [1.165, 1.54) is 6.92 Å². The SMILES string of the molecule is CN(C)CCc1[nH]c2ccccc2c1CC(C)(C(=O)O)C(=O)O. The lowest BCUT2D eigenvalue weighted by atomic mass is 9.82. The van der Waals surface area contributed by atoms with Crippen molar-refractivity contribution in [2.24, 2.45) is 5.41 Å². The van der Waals surface area contributed by atoms with E-state index in [9.17, 15) is 19.8 Å². The number of rotatable bonds is 7. The molecule has 124 valence electrons. The molecule has 0 saturated carbocycles. The zero-order valence-electron chi connectivity index (χ0n) is 13.6. The average molecular weight is 318 g/mol. The fourth-order valence-corrected chi connectivity index (χ4v) is 2.60. The minimum Gasteiger partial charge on any atom is -0.480 e. The number of para-hydroxylation sites is 1. The number of aromatic nitrogens is 1. The van der Waals surface area contributed by atoms with Crippen molar-refractivity contribution < 1.29 is 19.8 Å². The van der Waals surface area contributed by atoms with Crippen molar-refractivity contribution in [1.29, 1.82) is 0 Å². The van der Waals surface area contributed by atoms with Gasteiger partial charge in [-0.05, 0) is 32.6 Å². The summed E-state index contributed by atoms with van der Waals surface area (Å²) in [5.74, 6) is -2.65. The minimum atomic E-state index is -1.85. The Hall–Kier alpha value is -2.34. The Kier molecular flexibility index (Phi) is 4.75. The van der Waals surface area contributed by atoms with E-state index in [0.717, 1.165) is 28.7 Å². The van der Waals surface area contributed by atoms with E-state index in [1.54, 1.807) is 0 Å². The maximum absolute atomic E-state index is 11.5. The lowest BCUT2D eigenvalue weighted by Gasteiger charge is -2.20. The third-order valence-electron chi connectivity index (χ3n) is 4.19. The van der Waals surface area contributed by atoms with Gasteiger partial charge in [-0.25, -0.2) is 0 Å². The fourth-order valence-electron chi connectivity index (χ4n) is 2.60. The number of fused-ring (bicyclic) bond motifs is 1. The van der Waals surface area contributed by atoms with Gasteiger partial charge in [0.25, 0.3) is 0 Å². The minimum absolute atomic E-state index is 0.0511. The second-order valence-electron chi connectivity index (χ2n) is 6.30. The van der Waals surface area contributed by atoms with Crippen LogP contribution in [0.5, 0.6) is 0 Å². The van der Waals surface area contributed by atoms with E-state index in [0.29, 0.717) is 6.42 Å². The van der Waals surface area contributed by atoms with Gasteiger partial charge in [-0.1, -0.05) is 18.2 Å². The number of benzene rings is 1. The first kappa shape index (κ1) is 17.0. The van der Waals surface area contributed by atoms with Crippen LogP contribution in [0.15, 0.2) is 24.3 Å². The van der Waals surface area contributed by atoms with Crippen LogP contribution in [0.2, 0.25) is 0 Å². The molecule has 1 aromatic carbocycles. The Morgan fingerprint density at radius 2 is 1.78 bits per heavy atom. The number of aliphatic carboxylic acids is 2. The summed E-state index contributed by atoms with van der Waals surface area (Å²) in [6.07, 6.45) is 0.650. The molecule has 0 unspecified atom stereocenters. The Morgan fingerprint density at radius 1 is 1.17 bits per heavy atom. The van der Waals surface area contributed by atoms with Gasteiger partial charge in [0.15, 0.2) is 5.41 Å². The molecule has 0 spiro atoms. The highest BCUT2D eigenvalue weighted by Gasteiger charge is 2.42. The highest BCUT2D eigenvalue weighted by atomic mass is 16.4. The monoisotopic (exact) mass is 318 g/mol. The molecule has 0 bridgehead atoms. The van der Waals surface area contributed by atoms with Gasteiger partial charge in [-0.2, -0.15) is 0 Å². The molecule has 1 heterocycles. The first-order valence-electron chi connectivity index (χ1n) is 7.45. The zero-order chi connectivity index (χ0) is 17.2. The van der Waals surface area contributed by atoms with Gasteiger partial charge >= 0.3 is 11.9 Å². The van der Waals surface area contributed by atoms with E-state index in [4.69, 9.17) is 0 Å². The first-order valence-corrected chi connectivity index (χ1v) is 7.45. The van der Waals surface area contributed by atoms with Gasteiger partial charge in [0.2, 0.25) is 0 Å². The standard InChI is InChI=1S/C17H22N2O4/c1-17(15(20)21,16(22)23)10-12-11-6-4-5-7-13(11)18-14(12)8-9-19(2)3/h4-7,18H,8-10H2,1-3H3,(H,20,21)(H,22,23). The van der Waals surface area contributed by atoms with Crippen LogP contribution >= 0.6 is 0 Å². The van der Waals surface area contributed by atoms with Crippen LogP contribution in [-0.4, -0.2) is 52.7 Å². The van der Waals surface area contributed by atoms with E-state index >= 15 is 0 Å². The summed E-state index contributed by atoms with van der Waals surface area (Å²) in [4.78, 5) is 28.3. The van der Waals surface area contributed by atoms with Crippen molar-refractivity contribution in [2.75, 3.05) is 20.6 Å². The predicted octanol–water partition coefficient (Wildman–Crippen LogP) is 1.99. The average Bonchev–Trinajstić information content (AvgIpc) is 2.82. The van der Waals surface area contributed by atoms with E-state index in [-0.39, 0.29) is 6.42 Å².